The van der Waals surface area contributed by atoms with Crippen LogP contribution in [0.1, 0.15) is 16.8 Å². The summed E-state index contributed by atoms with van der Waals surface area (Å²) < 4.78 is 0. The molecule has 2 unspecified atom stereocenters. The molecule has 2 bridgehead atoms. The Hall–Kier alpha value is -0.980. The second kappa shape index (κ2) is 6.85. The summed E-state index contributed by atoms with van der Waals surface area (Å²) in [6, 6.07) is 7.05. The lowest BCUT2D eigenvalue weighted by Crippen LogP contribution is -2.59. The van der Waals surface area contributed by atoms with Gasteiger partial charge in [0.1, 0.15) is 0 Å². The summed E-state index contributed by atoms with van der Waals surface area (Å²) in [4.78, 5) is 19.3. The quantitative estimate of drug-likeness (QED) is 0.829. The Morgan fingerprint density at radius 3 is 2.43 bits per heavy atom. The first-order chi connectivity index (χ1) is 10.2. The first kappa shape index (κ1) is 14.9. The van der Waals surface area contributed by atoms with Crippen LogP contribution in [0.5, 0.6) is 0 Å². The lowest BCUT2D eigenvalue weighted by atomic mass is 10.1. The number of hydrogen-bond donors (Lipinski definition) is 1. The summed E-state index contributed by atoms with van der Waals surface area (Å²) in [5.41, 5.74) is 0.704. The van der Waals surface area contributed by atoms with Crippen LogP contribution in [0.3, 0.4) is 0 Å². The van der Waals surface area contributed by atoms with E-state index in [1.807, 2.05) is 0 Å². The third-order valence-electron chi connectivity index (χ3n) is 3.94. The summed E-state index contributed by atoms with van der Waals surface area (Å²) in [6.07, 6.45) is 1.26. The topological polar surface area (TPSA) is 38.8 Å². The van der Waals surface area contributed by atoms with Crippen molar-refractivity contribution >= 4 is 17.4 Å². The number of rotatable bonds is 5. The molecular formula is C15H21ClN4O. The summed E-state index contributed by atoms with van der Waals surface area (Å²) in [7, 11) is 0. The number of ketones is 1. The molecule has 1 aromatic carbocycles. The Labute approximate surface area is 130 Å². The highest BCUT2D eigenvalue weighted by atomic mass is 35.5. The van der Waals surface area contributed by atoms with Crippen molar-refractivity contribution in [1.82, 2.24) is 20.0 Å². The van der Waals surface area contributed by atoms with Gasteiger partial charge in [-0.15, -0.1) is 0 Å². The van der Waals surface area contributed by atoms with E-state index >= 15 is 0 Å². The van der Waals surface area contributed by atoms with E-state index in [1.165, 1.54) is 19.5 Å². The van der Waals surface area contributed by atoms with Crippen LogP contribution in [-0.2, 0) is 0 Å². The molecule has 3 rings (SSSR count). The third kappa shape index (κ3) is 4.02. The highest BCUT2D eigenvalue weighted by molar-refractivity contribution is 6.30. The molecule has 6 heteroatoms. The zero-order chi connectivity index (χ0) is 14.7. The number of carbonyl (C=O) groups excluding carboxylic acids is 1. The molecule has 21 heavy (non-hydrogen) atoms. The minimum absolute atomic E-state index is 0.101. The Morgan fingerprint density at radius 1 is 1.10 bits per heavy atom. The molecule has 1 N–H and O–H groups in total. The number of Topliss-reactive ketones (excluding diaryl/α,β-unsaturated/α-hetero) is 1. The van der Waals surface area contributed by atoms with E-state index in [1.54, 1.807) is 24.3 Å². The molecule has 114 valence electrons. The van der Waals surface area contributed by atoms with Crippen molar-refractivity contribution in [2.45, 2.75) is 6.42 Å². The van der Waals surface area contributed by atoms with Crippen LogP contribution in [0.25, 0.3) is 0 Å². The van der Waals surface area contributed by atoms with E-state index in [0.717, 1.165) is 26.7 Å². The smallest absolute Gasteiger partial charge is 0.176 e. The van der Waals surface area contributed by atoms with Crippen LogP contribution in [0, 0.1) is 0 Å². The van der Waals surface area contributed by atoms with Gasteiger partial charge in [0.15, 0.2) is 5.78 Å². The van der Waals surface area contributed by atoms with Crippen molar-refractivity contribution in [3.8, 4) is 0 Å². The van der Waals surface area contributed by atoms with Crippen molar-refractivity contribution in [3.63, 3.8) is 0 Å². The second-order valence-electron chi connectivity index (χ2n) is 5.75. The molecule has 2 heterocycles. The first-order valence-electron chi connectivity index (χ1n) is 7.37. The number of halogens is 1. The predicted octanol–water partition coefficient (Wildman–Crippen LogP) is 1.27. The van der Waals surface area contributed by atoms with Gasteiger partial charge in [-0.1, -0.05) is 11.6 Å². The normalized spacial score (nSPS) is 25.8. The zero-order valence-corrected chi connectivity index (χ0v) is 12.9. The molecule has 1 aromatic rings. The van der Waals surface area contributed by atoms with E-state index in [9.17, 15) is 4.79 Å². The SMILES string of the molecule is O=C(CNCN1CN2CCCN(C2)C1)c1ccc(Cl)cc1. The fourth-order valence-electron chi connectivity index (χ4n) is 2.95. The third-order valence-corrected chi connectivity index (χ3v) is 4.19. The van der Waals surface area contributed by atoms with Crippen molar-refractivity contribution in [2.24, 2.45) is 0 Å². The van der Waals surface area contributed by atoms with Gasteiger partial charge in [0.2, 0.25) is 0 Å². The molecule has 2 aliphatic heterocycles. The van der Waals surface area contributed by atoms with Crippen LogP contribution in [-0.4, -0.2) is 66.8 Å². The van der Waals surface area contributed by atoms with Crippen LogP contribution < -0.4 is 5.32 Å². The number of nitrogens with zero attached hydrogens (tertiary/aromatic N) is 3. The molecule has 5 nitrogen and oxygen atoms in total. The average Bonchev–Trinajstić information content (AvgIpc) is 2.47. The van der Waals surface area contributed by atoms with E-state index in [0.29, 0.717) is 17.1 Å². The highest BCUT2D eigenvalue weighted by Crippen LogP contribution is 2.13. The van der Waals surface area contributed by atoms with Crippen molar-refractivity contribution in [3.05, 3.63) is 34.9 Å². The highest BCUT2D eigenvalue weighted by Gasteiger charge is 2.25. The second-order valence-corrected chi connectivity index (χ2v) is 6.19. The number of benzene rings is 1. The Bertz CT molecular complexity index is 481. The molecule has 2 fully saturated rings. The fourth-order valence-corrected chi connectivity index (χ4v) is 3.07. The predicted molar refractivity (Wildman–Crippen MR) is 83.1 cm³/mol. The summed E-state index contributed by atoms with van der Waals surface area (Å²) in [5.74, 6) is 0.101. The maximum Gasteiger partial charge on any atom is 0.176 e. The summed E-state index contributed by atoms with van der Waals surface area (Å²) in [6.45, 7) is 6.51. The Balaban J connectivity index is 1.43. The summed E-state index contributed by atoms with van der Waals surface area (Å²) >= 11 is 5.83. The van der Waals surface area contributed by atoms with Gasteiger partial charge in [-0.3, -0.25) is 24.8 Å². The molecule has 2 aliphatic rings. The number of carbonyl (C=O) groups is 1. The minimum atomic E-state index is 0.101. The first-order valence-corrected chi connectivity index (χ1v) is 7.75. The van der Waals surface area contributed by atoms with E-state index < -0.39 is 0 Å². The van der Waals surface area contributed by atoms with Crippen molar-refractivity contribution in [2.75, 3.05) is 46.3 Å². The van der Waals surface area contributed by atoms with Gasteiger partial charge in [0.05, 0.1) is 33.2 Å². The average molecular weight is 309 g/mol. The number of hydrogen-bond acceptors (Lipinski definition) is 5. The van der Waals surface area contributed by atoms with Crippen molar-refractivity contribution in [1.29, 1.82) is 0 Å². The maximum atomic E-state index is 12.0. The number of nitrogens with one attached hydrogen (secondary N) is 1. The van der Waals surface area contributed by atoms with Crippen LogP contribution in [0.15, 0.2) is 24.3 Å². The van der Waals surface area contributed by atoms with Gasteiger partial charge in [-0.05, 0) is 30.7 Å². The molecule has 0 amide bonds. The fraction of sp³-hybridized carbons (Fsp3) is 0.533. The molecule has 0 radical (unpaired) electrons. The van der Waals surface area contributed by atoms with E-state index in [2.05, 4.69) is 20.0 Å². The Kier molecular flexibility index (Phi) is 4.87. The van der Waals surface area contributed by atoms with Crippen LogP contribution in [0.4, 0.5) is 0 Å². The van der Waals surface area contributed by atoms with Gasteiger partial charge in [-0.25, -0.2) is 0 Å². The summed E-state index contributed by atoms with van der Waals surface area (Å²) in [5, 5.41) is 3.90. The molecule has 0 saturated carbocycles. The molecule has 2 saturated heterocycles. The van der Waals surface area contributed by atoms with Crippen molar-refractivity contribution < 1.29 is 4.79 Å². The minimum Gasteiger partial charge on any atom is -0.297 e. The van der Waals surface area contributed by atoms with Gasteiger partial charge >= 0.3 is 0 Å². The van der Waals surface area contributed by atoms with Gasteiger partial charge < -0.3 is 0 Å². The van der Waals surface area contributed by atoms with E-state index in [-0.39, 0.29) is 5.78 Å². The Morgan fingerprint density at radius 2 is 1.76 bits per heavy atom. The molecule has 2 atom stereocenters. The number of fused-ring (bicyclic) bond motifs is 2. The van der Waals surface area contributed by atoms with Crippen LogP contribution in [0.2, 0.25) is 5.02 Å². The lowest BCUT2D eigenvalue weighted by molar-refractivity contribution is -0.0579. The molecular weight excluding hydrogens is 288 g/mol. The van der Waals surface area contributed by atoms with Crippen LogP contribution >= 0.6 is 11.6 Å². The van der Waals surface area contributed by atoms with E-state index in [4.69, 9.17) is 11.6 Å². The largest absolute Gasteiger partial charge is 0.297 e. The monoisotopic (exact) mass is 308 g/mol. The molecule has 0 aliphatic carbocycles. The maximum absolute atomic E-state index is 12.0. The molecule has 0 aromatic heterocycles. The molecule has 0 spiro atoms. The van der Waals surface area contributed by atoms with Gasteiger partial charge in [0, 0.05) is 23.7 Å². The van der Waals surface area contributed by atoms with Gasteiger partial charge in [-0.2, -0.15) is 0 Å². The zero-order valence-electron chi connectivity index (χ0n) is 12.1. The standard InChI is InChI=1S/C15H21ClN4O/c16-14-4-2-13(3-5-14)15(21)8-17-9-20-11-18-6-1-7-19(10-18)12-20/h2-5,17H,1,6-12H2. The van der Waals surface area contributed by atoms with Gasteiger partial charge in [0.25, 0.3) is 0 Å². The lowest BCUT2D eigenvalue weighted by Gasteiger charge is -2.45.